The smallest absolute Gasteiger partial charge is 0.410 e. The highest BCUT2D eigenvalue weighted by atomic mass is 32.1. The summed E-state index contributed by atoms with van der Waals surface area (Å²) in [6, 6.07) is 7.99. The van der Waals surface area contributed by atoms with Crippen LogP contribution in [0.3, 0.4) is 0 Å². The highest BCUT2D eigenvalue weighted by Gasteiger charge is 2.30. The summed E-state index contributed by atoms with van der Waals surface area (Å²) in [4.78, 5) is 30.7. The minimum absolute atomic E-state index is 0.0143. The molecule has 1 aliphatic rings. The molecule has 1 aliphatic heterocycles. The van der Waals surface area contributed by atoms with Gasteiger partial charge in [-0.05, 0) is 51.5 Å². The Balaban J connectivity index is 1.60. The van der Waals surface area contributed by atoms with Crippen molar-refractivity contribution in [1.29, 1.82) is 0 Å². The molecule has 0 saturated carbocycles. The highest BCUT2D eigenvalue weighted by molar-refractivity contribution is 7.19. The van der Waals surface area contributed by atoms with Gasteiger partial charge >= 0.3 is 6.09 Å². The first kappa shape index (κ1) is 26.0. The molecule has 0 aliphatic carbocycles. The minimum atomic E-state index is -0.508. The number of carbonyl (C=O) groups excluding carboxylic acids is 1. The largest absolute Gasteiger partial charge is 0.493 e. The van der Waals surface area contributed by atoms with Crippen molar-refractivity contribution in [3.63, 3.8) is 0 Å². The lowest BCUT2D eigenvalue weighted by Gasteiger charge is -2.40. The van der Waals surface area contributed by atoms with Crippen molar-refractivity contribution in [2.45, 2.75) is 45.9 Å². The molecule has 1 fully saturated rings. The van der Waals surface area contributed by atoms with E-state index in [9.17, 15) is 9.59 Å². The van der Waals surface area contributed by atoms with Crippen LogP contribution in [0.15, 0.2) is 35.3 Å². The number of aromatic nitrogens is 1. The van der Waals surface area contributed by atoms with Crippen LogP contribution in [-0.2, 0) is 18.3 Å². The summed E-state index contributed by atoms with van der Waals surface area (Å²) in [7, 11) is 5.01. The number of aryl methyl sites for hydroxylation is 1. The van der Waals surface area contributed by atoms with Gasteiger partial charge in [0.2, 0.25) is 0 Å². The number of piperazine rings is 1. The van der Waals surface area contributed by atoms with Crippen molar-refractivity contribution < 1.29 is 19.0 Å². The molecular formula is C27H35N3O5S. The van der Waals surface area contributed by atoms with Crippen molar-refractivity contribution in [1.82, 2.24) is 14.4 Å². The summed E-state index contributed by atoms with van der Waals surface area (Å²) in [6.07, 6.45) is 1.62. The zero-order chi connectivity index (χ0) is 26.2. The Morgan fingerprint density at radius 2 is 1.83 bits per heavy atom. The average Bonchev–Trinajstić information content (AvgIpc) is 3.25. The van der Waals surface area contributed by atoms with E-state index < -0.39 is 5.60 Å². The Morgan fingerprint density at radius 1 is 1.11 bits per heavy atom. The first-order valence-corrected chi connectivity index (χ1v) is 12.9. The van der Waals surface area contributed by atoms with Crippen LogP contribution >= 0.6 is 11.3 Å². The van der Waals surface area contributed by atoms with Crippen molar-refractivity contribution in [2.75, 3.05) is 33.9 Å². The maximum Gasteiger partial charge on any atom is 0.410 e. The van der Waals surface area contributed by atoms with Gasteiger partial charge in [-0.1, -0.05) is 6.07 Å². The molecular weight excluding hydrogens is 478 g/mol. The second-order valence-corrected chi connectivity index (χ2v) is 11.4. The van der Waals surface area contributed by atoms with Gasteiger partial charge in [-0.15, -0.1) is 11.3 Å². The summed E-state index contributed by atoms with van der Waals surface area (Å²) in [5.41, 5.74) is 1.42. The fraction of sp³-hybridized carbons (Fsp3) is 0.481. The van der Waals surface area contributed by atoms with E-state index in [1.807, 2.05) is 51.2 Å². The number of fused-ring (bicyclic) bond motifs is 1. The van der Waals surface area contributed by atoms with Gasteiger partial charge in [-0.3, -0.25) is 9.69 Å². The number of pyridine rings is 1. The van der Waals surface area contributed by atoms with Crippen molar-refractivity contribution in [2.24, 2.45) is 7.05 Å². The Labute approximate surface area is 216 Å². The van der Waals surface area contributed by atoms with E-state index in [0.717, 1.165) is 33.8 Å². The van der Waals surface area contributed by atoms with Crippen LogP contribution in [0.2, 0.25) is 0 Å². The topological polar surface area (TPSA) is 73.2 Å². The van der Waals surface area contributed by atoms with Crippen molar-refractivity contribution in [3.8, 4) is 22.6 Å². The van der Waals surface area contributed by atoms with E-state index in [4.69, 9.17) is 14.2 Å². The predicted molar refractivity (Wildman–Crippen MR) is 143 cm³/mol. The SMILES string of the molecule is COc1ccc(-c2cn(C)c(=O)c3cc(CN4CCN(C(=O)OC(C)(C)C)C[C@@H]4C)sc23)cc1OC. The molecule has 1 amide bonds. The van der Waals surface area contributed by atoms with Gasteiger partial charge in [-0.25, -0.2) is 4.79 Å². The Bertz CT molecular complexity index is 1320. The zero-order valence-electron chi connectivity index (χ0n) is 22.1. The molecule has 0 radical (unpaired) electrons. The maximum absolute atomic E-state index is 13.0. The van der Waals surface area contributed by atoms with Crippen LogP contribution in [0, 0.1) is 0 Å². The number of hydrogen-bond donors (Lipinski definition) is 0. The molecule has 3 heterocycles. The molecule has 2 aromatic heterocycles. The van der Waals surface area contributed by atoms with E-state index in [2.05, 4.69) is 11.8 Å². The van der Waals surface area contributed by atoms with E-state index in [0.29, 0.717) is 30.0 Å². The Hall–Kier alpha value is -3.04. The van der Waals surface area contributed by atoms with Gasteiger partial charge in [-0.2, -0.15) is 0 Å². The number of amides is 1. The Morgan fingerprint density at radius 3 is 2.47 bits per heavy atom. The summed E-state index contributed by atoms with van der Waals surface area (Å²) in [6.45, 7) is 10.5. The van der Waals surface area contributed by atoms with Crippen LogP contribution in [0.4, 0.5) is 4.79 Å². The second-order valence-electron chi connectivity index (χ2n) is 10.2. The molecule has 0 N–H and O–H groups in total. The number of thiophene rings is 1. The summed E-state index contributed by atoms with van der Waals surface area (Å²) < 4.78 is 19.0. The number of carbonyl (C=O) groups is 1. The normalized spacial score (nSPS) is 16.9. The molecule has 1 saturated heterocycles. The molecule has 8 nitrogen and oxygen atoms in total. The van der Waals surface area contributed by atoms with Gasteiger partial charge in [0, 0.05) is 60.6 Å². The molecule has 194 valence electrons. The maximum atomic E-state index is 13.0. The first-order valence-electron chi connectivity index (χ1n) is 12.1. The first-order chi connectivity index (χ1) is 17.0. The van der Waals surface area contributed by atoms with Crippen LogP contribution in [-0.4, -0.2) is 66.0 Å². The lowest BCUT2D eigenvalue weighted by atomic mass is 10.1. The van der Waals surface area contributed by atoms with Gasteiger partial charge in [0.25, 0.3) is 5.56 Å². The van der Waals surface area contributed by atoms with Gasteiger partial charge in [0.15, 0.2) is 11.5 Å². The van der Waals surface area contributed by atoms with Gasteiger partial charge in [0.1, 0.15) is 5.60 Å². The molecule has 36 heavy (non-hydrogen) atoms. The zero-order valence-corrected chi connectivity index (χ0v) is 22.9. The number of nitrogens with zero attached hydrogens (tertiary/aromatic N) is 3. The molecule has 3 aromatic rings. The quantitative estimate of drug-likeness (QED) is 0.491. The predicted octanol–water partition coefficient (Wildman–Crippen LogP) is 4.73. The van der Waals surface area contributed by atoms with Crippen LogP contribution < -0.4 is 15.0 Å². The third kappa shape index (κ3) is 5.37. The summed E-state index contributed by atoms with van der Waals surface area (Å²) in [5.74, 6) is 1.30. The number of methoxy groups -OCH3 is 2. The van der Waals surface area contributed by atoms with E-state index in [1.165, 1.54) is 0 Å². The highest BCUT2D eigenvalue weighted by Crippen LogP contribution is 2.38. The molecule has 4 rings (SSSR count). The minimum Gasteiger partial charge on any atom is -0.493 e. The fourth-order valence-corrected chi connectivity index (χ4v) is 5.72. The standard InChI is InChI=1S/C27H35N3O5S/c1-17-14-30(26(32)35-27(2,3)4)11-10-29(17)15-19-13-20-24(36-19)21(16-28(5)25(20)31)18-8-9-22(33-6)23(12-18)34-7/h8-9,12-13,16-17H,10-11,14-15H2,1-7H3/t17-/m0/s1. The average molecular weight is 514 g/mol. The molecule has 0 bridgehead atoms. The Kier molecular flexibility index (Phi) is 7.33. The van der Waals surface area contributed by atoms with E-state index in [1.54, 1.807) is 42.1 Å². The molecule has 9 heteroatoms. The molecule has 0 unspecified atom stereocenters. The van der Waals surface area contributed by atoms with Crippen LogP contribution in [0.25, 0.3) is 21.2 Å². The van der Waals surface area contributed by atoms with Gasteiger partial charge < -0.3 is 23.7 Å². The molecule has 1 atom stereocenters. The number of ether oxygens (including phenoxy) is 3. The lowest BCUT2D eigenvalue weighted by molar-refractivity contribution is 0.00475. The molecule has 0 spiro atoms. The lowest BCUT2D eigenvalue weighted by Crippen LogP contribution is -2.53. The number of benzene rings is 1. The second kappa shape index (κ2) is 10.1. The van der Waals surface area contributed by atoms with Crippen molar-refractivity contribution in [3.05, 3.63) is 45.7 Å². The monoisotopic (exact) mass is 513 g/mol. The van der Waals surface area contributed by atoms with Crippen LogP contribution in [0.1, 0.15) is 32.6 Å². The summed E-state index contributed by atoms with van der Waals surface area (Å²) >= 11 is 1.64. The number of hydrogen-bond acceptors (Lipinski definition) is 7. The third-order valence-corrected chi connectivity index (χ3v) is 7.52. The third-order valence-electron chi connectivity index (χ3n) is 6.37. The molecule has 1 aromatic carbocycles. The summed E-state index contributed by atoms with van der Waals surface area (Å²) in [5, 5.41) is 0.713. The van der Waals surface area contributed by atoms with Crippen LogP contribution in [0.5, 0.6) is 11.5 Å². The fourth-order valence-electron chi connectivity index (χ4n) is 4.51. The number of rotatable bonds is 5. The van der Waals surface area contributed by atoms with E-state index >= 15 is 0 Å². The van der Waals surface area contributed by atoms with Gasteiger partial charge in [0.05, 0.1) is 19.6 Å². The van der Waals surface area contributed by atoms with E-state index in [-0.39, 0.29) is 17.7 Å². The van der Waals surface area contributed by atoms with Crippen molar-refractivity contribution >= 4 is 27.5 Å².